The monoisotopic (exact) mass is 302 g/mol. The molecule has 21 heavy (non-hydrogen) atoms. The van der Waals surface area contributed by atoms with Crippen molar-refractivity contribution in [3.63, 3.8) is 0 Å². The largest absolute Gasteiger partial charge is 0.416 e. The molecule has 6 heteroatoms. The van der Waals surface area contributed by atoms with Crippen molar-refractivity contribution in [1.82, 2.24) is 5.32 Å². The van der Waals surface area contributed by atoms with Gasteiger partial charge in [-0.15, -0.1) is 0 Å². The molecule has 0 heterocycles. The van der Waals surface area contributed by atoms with E-state index in [1.165, 1.54) is 19.1 Å². The number of amides is 1. The zero-order chi connectivity index (χ0) is 16.2. The number of benzene rings is 1. The lowest BCUT2D eigenvalue weighted by Crippen LogP contribution is -2.41. The van der Waals surface area contributed by atoms with Gasteiger partial charge in [0.2, 0.25) is 5.91 Å². The minimum atomic E-state index is -4.40. The standard InChI is InChI=1S/C15H21F3N2O/c1-5-10(3)19-14(21)11(4)20-12-7-6-9(2)13(8-12)15(16,17)18/h6-8,10-11,20H,5H2,1-4H3,(H,19,21). The second-order valence-electron chi connectivity index (χ2n) is 5.21. The Morgan fingerprint density at radius 3 is 2.43 bits per heavy atom. The summed E-state index contributed by atoms with van der Waals surface area (Å²) in [7, 11) is 0. The van der Waals surface area contributed by atoms with E-state index in [0.29, 0.717) is 0 Å². The van der Waals surface area contributed by atoms with Crippen LogP contribution in [0.25, 0.3) is 0 Å². The van der Waals surface area contributed by atoms with E-state index >= 15 is 0 Å². The molecule has 0 spiro atoms. The third kappa shape index (κ3) is 4.95. The lowest BCUT2D eigenvalue weighted by molar-refractivity contribution is -0.138. The average Bonchev–Trinajstić information content (AvgIpc) is 2.39. The summed E-state index contributed by atoms with van der Waals surface area (Å²) in [5.74, 6) is -0.238. The van der Waals surface area contributed by atoms with Crippen molar-refractivity contribution in [2.24, 2.45) is 0 Å². The van der Waals surface area contributed by atoms with Crippen molar-refractivity contribution in [2.75, 3.05) is 5.32 Å². The maximum Gasteiger partial charge on any atom is 0.416 e. The molecule has 0 bridgehead atoms. The fourth-order valence-electron chi connectivity index (χ4n) is 1.80. The molecule has 1 aromatic carbocycles. The molecule has 1 amide bonds. The summed E-state index contributed by atoms with van der Waals surface area (Å²) >= 11 is 0. The second kappa shape index (κ2) is 6.83. The number of hydrogen-bond donors (Lipinski definition) is 2. The second-order valence-corrected chi connectivity index (χ2v) is 5.21. The first kappa shape index (κ1) is 17.3. The number of carbonyl (C=O) groups excluding carboxylic acids is 1. The number of hydrogen-bond acceptors (Lipinski definition) is 2. The number of aryl methyl sites for hydroxylation is 1. The lowest BCUT2D eigenvalue weighted by Gasteiger charge is -2.19. The first-order valence-corrected chi connectivity index (χ1v) is 6.90. The smallest absolute Gasteiger partial charge is 0.374 e. The Bertz CT molecular complexity index is 500. The number of halogens is 3. The van der Waals surface area contributed by atoms with Crippen molar-refractivity contribution in [1.29, 1.82) is 0 Å². The number of anilines is 1. The van der Waals surface area contributed by atoms with E-state index in [1.807, 2.05) is 13.8 Å². The first-order valence-electron chi connectivity index (χ1n) is 6.90. The van der Waals surface area contributed by atoms with E-state index in [4.69, 9.17) is 0 Å². The Kier molecular flexibility index (Phi) is 5.63. The van der Waals surface area contributed by atoms with Gasteiger partial charge in [0.15, 0.2) is 0 Å². The molecule has 0 radical (unpaired) electrons. The molecule has 3 nitrogen and oxygen atoms in total. The fraction of sp³-hybridized carbons (Fsp3) is 0.533. The van der Waals surface area contributed by atoms with Crippen molar-refractivity contribution in [3.8, 4) is 0 Å². The molecular formula is C15H21F3N2O. The molecule has 0 saturated carbocycles. The highest BCUT2D eigenvalue weighted by Gasteiger charge is 2.32. The van der Waals surface area contributed by atoms with Crippen LogP contribution >= 0.6 is 0 Å². The Labute approximate surface area is 122 Å². The lowest BCUT2D eigenvalue weighted by atomic mass is 10.1. The quantitative estimate of drug-likeness (QED) is 0.870. The minimum absolute atomic E-state index is 0.0329. The molecule has 0 aliphatic heterocycles. The number of carbonyl (C=O) groups is 1. The van der Waals surface area contributed by atoms with Gasteiger partial charge in [-0.1, -0.05) is 13.0 Å². The highest BCUT2D eigenvalue weighted by atomic mass is 19.4. The van der Waals surface area contributed by atoms with Crippen LogP contribution in [-0.2, 0) is 11.0 Å². The molecule has 0 aliphatic carbocycles. The Morgan fingerprint density at radius 1 is 1.29 bits per heavy atom. The highest BCUT2D eigenvalue weighted by molar-refractivity contribution is 5.84. The molecule has 0 aliphatic rings. The summed E-state index contributed by atoms with van der Waals surface area (Å²) in [6.45, 7) is 6.84. The Balaban J connectivity index is 2.82. The fourth-order valence-corrected chi connectivity index (χ4v) is 1.80. The van der Waals surface area contributed by atoms with Crippen LogP contribution in [0.2, 0.25) is 0 Å². The molecule has 0 saturated heterocycles. The van der Waals surface area contributed by atoms with Crippen LogP contribution in [-0.4, -0.2) is 18.0 Å². The third-order valence-corrected chi connectivity index (χ3v) is 3.32. The zero-order valence-electron chi connectivity index (χ0n) is 12.6. The van der Waals surface area contributed by atoms with Gasteiger partial charge in [0.05, 0.1) is 5.56 Å². The van der Waals surface area contributed by atoms with Crippen LogP contribution in [0.3, 0.4) is 0 Å². The normalized spacial score (nSPS) is 14.4. The molecule has 1 rings (SSSR count). The first-order chi connectivity index (χ1) is 9.65. The summed E-state index contributed by atoms with van der Waals surface area (Å²) in [6, 6.07) is 3.39. The van der Waals surface area contributed by atoms with Gasteiger partial charge < -0.3 is 10.6 Å². The maximum absolute atomic E-state index is 12.8. The van der Waals surface area contributed by atoms with E-state index in [0.717, 1.165) is 12.5 Å². The van der Waals surface area contributed by atoms with Crippen LogP contribution < -0.4 is 10.6 Å². The van der Waals surface area contributed by atoms with Crippen LogP contribution in [0.5, 0.6) is 0 Å². The number of alkyl halides is 3. The van der Waals surface area contributed by atoms with Crippen LogP contribution in [0.4, 0.5) is 18.9 Å². The molecule has 2 atom stereocenters. The number of nitrogens with one attached hydrogen (secondary N) is 2. The summed E-state index contributed by atoms with van der Waals surface area (Å²) in [5.41, 5.74) is -0.258. The van der Waals surface area contributed by atoms with Crippen LogP contribution in [0, 0.1) is 6.92 Å². The minimum Gasteiger partial charge on any atom is -0.374 e. The summed E-state index contributed by atoms with van der Waals surface area (Å²) in [5, 5.41) is 5.58. The predicted molar refractivity (Wildman–Crippen MR) is 77.2 cm³/mol. The van der Waals surface area contributed by atoms with Crippen molar-refractivity contribution < 1.29 is 18.0 Å². The summed E-state index contributed by atoms with van der Waals surface area (Å²) < 4.78 is 38.5. The van der Waals surface area contributed by atoms with Gasteiger partial charge in [0, 0.05) is 11.7 Å². The molecular weight excluding hydrogens is 281 g/mol. The molecule has 0 aromatic heterocycles. The predicted octanol–water partition coefficient (Wildman–Crippen LogP) is 3.73. The van der Waals surface area contributed by atoms with Gasteiger partial charge in [-0.3, -0.25) is 4.79 Å². The maximum atomic E-state index is 12.8. The summed E-state index contributed by atoms with van der Waals surface area (Å²) in [4.78, 5) is 11.9. The van der Waals surface area contributed by atoms with E-state index in [2.05, 4.69) is 10.6 Å². The van der Waals surface area contributed by atoms with Crippen LogP contribution in [0.1, 0.15) is 38.3 Å². The highest BCUT2D eigenvalue weighted by Crippen LogP contribution is 2.33. The van der Waals surface area contributed by atoms with Gasteiger partial charge in [-0.25, -0.2) is 0 Å². The van der Waals surface area contributed by atoms with Gasteiger partial charge >= 0.3 is 6.18 Å². The van der Waals surface area contributed by atoms with Gasteiger partial charge in [0.25, 0.3) is 0 Å². The number of rotatable bonds is 5. The summed E-state index contributed by atoms with van der Waals surface area (Å²) in [6.07, 6.45) is -3.61. The van der Waals surface area contributed by atoms with Crippen LogP contribution in [0.15, 0.2) is 18.2 Å². The molecule has 2 N–H and O–H groups in total. The van der Waals surface area contributed by atoms with Crippen molar-refractivity contribution in [2.45, 2.75) is 52.4 Å². The molecule has 0 fully saturated rings. The molecule has 118 valence electrons. The zero-order valence-corrected chi connectivity index (χ0v) is 12.6. The third-order valence-electron chi connectivity index (χ3n) is 3.32. The van der Waals surface area contributed by atoms with E-state index < -0.39 is 17.8 Å². The van der Waals surface area contributed by atoms with Gasteiger partial charge in [0.1, 0.15) is 6.04 Å². The van der Waals surface area contributed by atoms with Crippen molar-refractivity contribution >= 4 is 11.6 Å². The molecule has 1 aromatic rings. The average molecular weight is 302 g/mol. The Hall–Kier alpha value is -1.72. The van der Waals surface area contributed by atoms with Gasteiger partial charge in [-0.2, -0.15) is 13.2 Å². The molecule has 2 unspecified atom stereocenters. The topological polar surface area (TPSA) is 41.1 Å². The SMILES string of the molecule is CCC(C)NC(=O)C(C)Nc1ccc(C)c(C(F)(F)F)c1. The van der Waals surface area contributed by atoms with Gasteiger partial charge in [-0.05, 0) is 44.9 Å². The van der Waals surface area contributed by atoms with Crippen molar-refractivity contribution in [3.05, 3.63) is 29.3 Å². The van der Waals surface area contributed by atoms with E-state index in [-0.39, 0.29) is 23.2 Å². The Morgan fingerprint density at radius 2 is 1.90 bits per heavy atom. The van der Waals surface area contributed by atoms with E-state index in [9.17, 15) is 18.0 Å². The van der Waals surface area contributed by atoms with E-state index in [1.54, 1.807) is 6.92 Å².